The topological polar surface area (TPSA) is 24.5 Å². The minimum Gasteiger partial charge on any atom is -0.495 e. The van der Waals surface area contributed by atoms with Crippen LogP contribution in [0.5, 0.6) is 5.75 Å². The molecule has 1 aliphatic rings. The Morgan fingerprint density at radius 1 is 1.37 bits per heavy atom. The molecule has 1 N–H and O–H groups in total. The van der Waals surface area contributed by atoms with Gasteiger partial charge in [0.05, 0.1) is 12.8 Å². The lowest BCUT2D eigenvalue weighted by Crippen LogP contribution is -2.42. The van der Waals surface area contributed by atoms with E-state index < -0.39 is 0 Å². The normalized spacial score (nSPS) is 16.7. The summed E-state index contributed by atoms with van der Waals surface area (Å²) in [4.78, 5) is 2.40. The van der Waals surface area contributed by atoms with Gasteiger partial charge < -0.3 is 15.0 Å². The summed E-state index contributed by atoms with van der Waals surface area (Å²) in [5.41, 5.74) is 2.27. The number of anilines is 1. The summed E-state index contributed by atoms with van der Waals surface area (Å²) in [5.74, 6) is 0.873. The number of benzene rings is 1. The van der Waals surface area contributed by atoms with Crippen molar-refractivity contribution in [2.24, 2.45) is 0 Å². The van der Waals surface area contributed by atoms with Crippen LogP contribution < -0.4 is 15.0 Å². The fourth-order valence-electron chi connectivity index (χ4n) is 2.67. The number of nitrogens with zero attached hydrogens (tertiary/aromatic N) is 1. The highest BCUT2D eigenvalue weighted by Crippen LogP contribution is 2.35. The molecule has 0 aromatic heterocycles. The highest BCUT2D eigenvalue weighted by molar-refractivity contribution is 6.31. The molecule has 0 unspecified atom stereocenters. The lowest BCUT2D eigenvalue weighted by Gasteiger charge is -2.34. The van der Waals surface area contributed by atoms with Crippen molar-refractivity contribution in [3.05, 3.63) is 22.7 Å². The summed E-state index contributed by atoms with van der Waals surface area (Å²) in [6.07, 6.45) is 2.36. The Morgan fingerprint density at radius 3 is 2.63 bits per heavy atom. The Labute approximate surface area is 120 Å². The van der Waals surface area contributed by atoms with Crippen LogP contribution >= 0.6 is 11.6 Å². The molecule has 1 aromatic rings. The number of ether oxygens (including phenoxy) is 1. The van der Waals surface area contributed by atoms with Crippen LogP contribution in [0.3, 0.4) is 0 Å². The molecule has 0 amide bonds. The van der Waals surface area contributed by atoms with Gasteiger partial charge in [0.15, 0.2) is 0 Å². The first-order valence-corrected chi connectivity index (χ1v) is 7.36. The summed E-state index contributed by atoms with van der Waals surface area (Å²) in [6.45, 7) is 7.38. The molecule has 106 valence electrons. The Hall–Kier alpha value is -0.930. The van der Waals surface area contributed by atoms with E-state index in [1.165, 1.54) is 18.5 Å². The number of hydrogen-bond acceptors (Lipinski definition) is 3. The number of hydrogen-bond donors (Lipinski definition) is 1. The molecule has 1 fully saturated rings. The van der Waals surface area contributed by atoms with Crippen LogP contribution in [0, 0.1) is 6.92 Å². The van der Waals surface area contributed by atoms with Gasteiger partial charge in [-0.3, -0.25) is 0 Å². The number of piperidine rings is 1. The van der Waals surface area contributed by atoms with Crippen molar-refractivity contribution in [3.8, 4) is 5.75 Å². The first-order chi connectivity index (χ1) is 9.15. The second-order valence-electron chi connectivity index (χ2n) is 5.09. The molecule has 19 heavy (non-hydrogen) atoms. The van der Waals surface area contributed by atoms with Crippen molar-refractivity contribution in [3.63, 3.8) is 0 Å². The predicted molar refractivity (Wildman–Crippen MR) is 81.7 cm³/mol. The molecule has 1 saturated heterocycles. The van der Waals surface area contributed by atoms with Crippen LogP contribution in [0.1, 0.15) is 25.3 Å². The van der Waals surface area contributed by atoms with Gasteiger partial charge in [-0.15, -0.1) is 0 Å². The third-order valence-corrected chi connectivity index (χ3v) is 4.20. The van der Waals surface area contributed by atoms with Crippen LogP contribution in [0.15, 0.2) is 12.1 Å². The van der Waals surface area contributed by atoms with Crippen LogP contribution in [0.25, 0.3) is 0 Å². The molecule has 0 spiro atoms. The van der Waals surface area contributed by atoms with Crippen molar-refractivity contribution in [1.82, 2.24) is 5.32 Å². The van der Waals surface area contributed by atoms with Crippen LogP contribution in [0.2, 0.25) is 5.02 Å². The quantitative estimate of drug-likeness (QED) is 0.918. The van der Waals surface area contributed by atoms with Crippen molar-refractivity contribution >= 4 is 17.3 Å². The average molecular weight is 283 g/mol. The average Bonchev–Trinajstić information content (AvgIpc) is 2.43. The number of rotatable bonds is 4. The van der Waals surface area contributed by atoms with E-state index in [0.717, 1.165) is 36.0 Å². The Balaban J connectivity index is 2.12. The monoisotopic (exact) mass is 282 g/mol. The summed E-state index contributed by atoms with van der Waals surface area (Å²) in [5, 5.41) is 4.29. The van der Waals surface area contributed by atoms with Gasteiger partial charge in [-0.2, -0.15) is 0 Å². The molecule has 0 aliphatic carbocycles. The first kappa shape index (κ1) is 14.5. The highest BCUT2D eigenvalue weighted by Gasteiger charge is 2.21. The SMILES string of the molecule is CCNC1CCN(c2cc(C)c(Cl)cc2OC)CC1. The zero-order chi connectivity index (χ0) is 13.8. The predicted octanol–water partition coefficient (Wildman–Crippen LogP) is 3.24. The van der Waals surface area contributed by atoms with Crippen LogP contribution in [-0.2, 0) is 0 Å². The van der Waals surface area contributed by atoms with Gasteiger partial charge in [0.1, 0.15) is 5.75 Å². The van der Waals surface area contributed by atoms with Crippen molar-refractivity contribution < 1.29 is 4.74 Å². The third-order valence-electron chi connectivity index (χ3n) is 3.79. The Kier molecular flexibility index (Phi) is 4.94. The minimum absolute atomic E-state index is 0.653. The van der Waals surface area contributed by atoms with E-state index in [1.807, 2.05) is 13.0 Å². The molecule has 0 radical (unpaired) electrons. The number of aryl methyl sites for hydroxylation is 1. The Morgan fingerprint density at radius 2 is 2.05 bits per heavy atom. The molecule has 4 heteroatoms. The number of halogens is 1. The molecule has 0 atom stereocenters. The Bertz CT molecular complexity index is 428. The highest BCUT2D eigenvalue weighted by atomic mass is 35.5. The zero-order valence-corrected chi connectivity index (χ0v) is 12.8. The maximum Gasteiger partial charge on any atom is 0.143 e. The summed E-state index contributed by atoms with van der Waals surface area (Å²) in [6, 6.07) is 4.71. The van der Waals surface area contributed by atoms with Gasteiger partial charge in [0.25, 0.3) is 0 Å². The molecule has 1 aliphatic heterocycles. The summed E-state index contributed by atoms with van der Waals surface area (Å²) in [7, 11) is 1.70. The second-order valence-corrected chi connectivity index (χ2v) is 5.50. The maximum atomic E-state index is 6.16. The van der Waals surface area contributed by atoms with Gasteiger partial charge >= 0.3 is 0 Å². The van der Waals surface area contributed by atoms with Crippen molar-refractivity contribution in [2.45, 2.75) is 32.7 Å². The molecular weight excluding hydrogens is 260 g/mol. The third kappa shape index (κ3) is 3.34. The summed E-state index contributed by atoms with van der Waals surface area (Å²) < 4.78 is 5.47. The molecule has 0 saturated carbocycles. The van der Waals surface area contributed by atoms with E-state index in [9.17, 15) is 0 Å². The van der Waals surface area contributed by atoms with Gasteiger partial charge in [0, 0.05) is 30.2 Å². The van der Waals surface area contributed by atoms with E-state index in [1.54, 1.807) is 7.11 Å². The molecule has 1 heterocycles. The largest absolute Gasteiger partial charge is 0.495 e. The standard InChI is InChI=1S/C15H23ClN2O/c1-4-17-12-5-7-18(8-6-12)14-9-11(2)13(16)10-15(14)19-3/h9-10,12,17H,4-8H2,1-3H3. The van der Waals surface area contributed by atoms with Gasteiger partial charge in [-0.1, -0.05) is 18.5 Å². The second kappa shape index (κ2) is 6.49. The lowest BCUT2D eigenvalue weighted by molar-refractivity contribution is 0.401. The van der Waals surface area contributed by atoms with Crippen molar-refractivity contribution in [2.75, 3.05) is 31.6 Å². The van der Waals surface area contributed by atoms with Crippen molar-refractivity contribution in [1.29, 1.82) is 0 Å². The smallest absolute Gasteiger partial charge is 0.143 e. The van der Waals surface area contributed by atoms with Crippen LogP contribution in [0.4, 0.5) is 5.69 Å². The van der Waals surface area contributed by atoms with E-state index in [0.29, 0.717) is 6.04 Å². The van der Waals surface area contributed by atoms with E-state index in [2.05, 4.69) is 23.2 Å². The molecular formula is C15H23ClN2O. The van der Waals surface area contributed by atoms with E-state index >= 15 is 0 Å². The molecule has 2 rings (SSSR count). The maximum absolute atomic E-state index is 6.16. The molecule has 1 aromatic carbocycles. The number of methoxy groups -OCH3 is 1. The summed E-state index contributed by atoms with van der Waals surface area (Å²) >= 11 is 6.16. The fourth-order valence-corrected chi connectivity index (χ4v) is 2.83. The fraction of sp³-hybridized carbons (Fsp3) is 0.600. The first-order valence-electron chi connectivity index (χ1n) is 6.98. The molecule has 0 bridgehead atoms. The molecule has 3 nitrogen and oxygen atoms in total. The van der Waals surface area contributed by atoms with Gasteiger partial charge in [0.2, 0.25) is 0 Å². The van der Waals surface area contributed by atoms with E-state index in [4.69, 9.17) is 16.3 Å². The zero-order valence-electron chi connectivity index (χ0n) is 12.0. The van der Waals surface area contributed by atoms with Gasteiger partial charge in [-0.05, 0) is 37.9 Å². The lowest BCUT2D eigenvalue weighted by atomic mass is 10.0. The number of nitrogens with one attached hydrogen (secondary N) is 1. The van der Waals surface area contributed by atoms with E-state index in [-0.39, 0.29) is 0 Å². The minimum atomic E-state index is 0.653. The van der Waals surface area contributed by atoms with Crippen LogP contribution in [-0.4, -0.2) is 32.8 Å². The van der Waals surface area contributed by atoms with Gasteiger partial charge in [-0.25, -0.2) is 0 Å².